The minimum absolute atomic E-state index is 0.0571. The van der Waals surface area contributed by atoms with Crippen LogP contribution in [0, 0.1) is 5.41 Å². The lowest BCUT2D eigenvalue weighted by atomic mass is 9.71. The van der Waals surface area contributed by atoms with E-state index in [0.29, 0.717) is 18.9 Å². The monoisotopic (exact) mass is 252 g/mol. The molecule has 1 heterocycles. The topological polar surface area (TPSA) is 46.3 Å². The summed E-state index contributed by atoms with van der Waals surface area (Å²) in [5.74, 6) is 0.338. The van der Waals surface area contributed by atoms with Gasteiger partial charge in [0.05, 0.1) is 0 Å². The van der Waals surface area contributed by atoms with Crippen molar-refractivity contribution in [3.8, 4) is 0 Å². The van der Waals surface area contributed by atoms with Crippen molar-refractivity contribution >= 4 is 5.91 Å². The summed E-state index contributed by atoms with van der Waals surface area (Å²) in [5.41, 5.74) is 6.14. The van der Waals surface area contributed by atoms with Gasteiger partial charge in [0.25, 0.3) is 0 Å². The summed E-state index contributed by atoms with van der Waals surface area (Å²) >= 11 is 0. The van der Waals surface area contributed by atoms with E-state index in [0.717, 1.165) is 32.2 Å². The van der Waals surface area contributed by atoms with E-state index in [4.69, 9.17) is 5.73 Å². The Bertz CT molecular complexity index is 306. The summed E-state index contributed by atoms with van der Waals surface area (Å²) in [4.78, 5) is 14.7. The van der Waals surface area contributed by atoms with Gasteiger partial charge in [0.2, 0.25) is 5.91 Å². The fourth-order valence-corrected chi connectivity index (χ4v) is 3.74. The predicted octanol–water partition coefficient (Wildman–Crippen LogP) is 2.69. The molecule has 2 aliphatic rings. The van der Waals surface area contributed by atoms with Crippen molar-refractivity contribution in [1.82, 2.24) is 4.90 Å². The molecule has 1 saturated carbocycles. The zero-order valence-electron chi connectivity index (χ0n) is 12.0. The molecule has 3 heteroatoms. The summed E-state index contributed by atoms with van der Waals surface area (Å²) < 4.78 is 0. The van der Waals surface area contributed by atoms with Gasteiger partial charge in [-0.1, -0.05) is 19.3 Å². The molecule has 0 aromatic rings. The maximum absolute atomic E-state index is 12.6. The van der Waals surface area contributed by atoms with Gasteiger partial charge in [0.1, 0.15) is 0 Å². The predicted molar refractivity (Wildman–Crippen MR) is 74.2 cm³/mol. The number of likely N-dealkylation sites (tertiary alicyclic amines) is 1. The van der Waals surface area contributed by atoms with Crippen molar-refractivity contribution in [2.24, 2.45) is 11.1 Å². The maximum Gasteiger partial charge on any atom is 0.223 e. The number of amides is 1. The average Bonchev–Trinajstić information content (AvgIpc) is 2.70. The number of nitrogens with zero attached hydrogens (tertiary/aromatic N) is 1. The smallest absolute Gasteiger partial charge is 0.223 e. The van der Waals surface area contributed by atoms with Gasteiger partial charge in [-0.15, -0.1) is 0 Å². The first kappa shape index (κ1) is 13.9. The molecule has 104 valence electrons. The van der Waals surface area contributed by atoms with Crippen molar-refractivity contribution in [2.75, 3.05) is 13.1 Å². The Balaban J connectivity index is 2.01. The van der Waals surface area contributed by atoms with E-state index in [-0.39, 0.29) is 11.0 Å². The summed E-state index contributed by atoms with van der Waals surface area (Å²) in [6, 6.07) is 0. The summed E-state index contributed by atoms with van der Waals surface area (Å²) in [5, 5.41) is 0. The maximum atomic E-state index is 12.6. The third-order valence-electron chi connectivity index (χ3n) is 5.08. The average molecular weight is 252 g/mol. The lowest BCUT2D eigenvalue weighted by Crippen LogP contribution is -2.46. The molecular formula is C15H28N2O. The van der Waals surface area contributed by atoms with Crippen LogP contribution >= 0.6 is 0 Å². The highest BCUT2D eigenvalue weighted by Crippen LogP contribution is 2.40. The molecule has 1 amide bonds. The molecule has 3 nitrogen and oxygen atoms in total. The van der Waals surface area contributed by atoms with Gasteiger partial charge in [0.15, 0.2) is 0 Å². The zero-order valence-corrected chi connectivity index (χ0v) is 12.0. The Labute approximate surface area is 111 Å². The molecule has 18 heavy (non-hydrogen) atoms. The Kier molecular flexibility index (Phi) is 4.00. The van der Waals surface area contributed by atoms with Crippen molar-refractivity contribution in [1.29, 1.82) is 0 Å². The Hall–Kier alpha value is -0.570. The number of nitrogens with two attached hydrogens (primary N) is 1. The number of hydrogen-bond acceptors (Lipinski definition) is 2. The van der Waals surface area contributed by atoms with Crippen LogP contribution in [0.25, 0.3) is 0 Å². The van der Waals surface area contributed by atoms with Crippen LogP contribution in [0.2, 0.25) is 0 Å². The normalized spacial score (nSPS) is 26.3. The van der Waals surface area contributed by atoms with Gasteiger partial charge in [0, 0.05) is 18.5 Å². The second-order valence-corrected chi connectivity index (χ2v) is 6.90. The SMILES string of the molecule is CC1(C)CCCN1C(=O)CC1(CN)CCCCC1. The van der Waals surface area contributed by atoms with Gasteiger partial charge in [-0.05, 0) is 51.5 Å². The standard InChI is InChI=1S/C15H28N2O/c1-14(2)7-6-10-17(14)13(18)11-15(12-16)8-4-3-5-9-15/h3-12,16H2,1-2H3. The van der Waals surface area contributed by atoms with E-state index >= 15 is 0 Å². The van der Waals surface area contributed by atoms with Crippen LogP contribution in [0.1, 0.15) is 65.2 Å². The van der Waals surface area contributed by atoms with Crippen LogP contribution in [0.3, 0.4) is 0 Å². The number of rotatable bonds is 3. The van der Waals surface area contributed by atoms with E-state index in [1.807, 2.05) is 0 Å². The van der Waals surface area contributed by atoms with Crippen LogP contribution in [-0.4, -0.2) is 29.4 Å². The van der Waals surface area contributed by atoms with Crippen molar-refractivity contribution in [3.05, 3.63) is 0 Å². The van der Waals surface area contributed by atoms with E-state index in [1.54, 1.807) is 0 Å². The van der Waals surface area contributed by atoms with Crippen LogP contribution < -0.4 is 5.73 Å². The quantitative estimate of drug-likeness (QED) is 0.839. The van der Waals surface area contributed by atoms with Crippen molar-refractivity contribution < 1.29 is 4.79 Å². The van der Waals surface area contributed by atoms with Gasteiger partial charge in [-0.25, -0.2) is 0 Å². The second kappa shape index (κ2) is 5.20. The minimum Gasteiger partial charge on any atom is -0.338 e. The second-order valence-electron chi connectivity index (χ2n) is 6.90. The molecule has 0 aromatic carbocycles. The highest BCUT2D eigenvalue weighted by molar-refractivity contribution is 5.78. The number of carbonyl (C=O) groups is 1. The Morgan fingerprint density at radius 2 is 1.78 bits per heavy atom. The number of hydrogen-bond donors (Lipinski definition) is 1. The van der Waals surface area contributed by atoms with Gasteiger partial charge in [-0.2, -0.15) is 0 Å². The first-order chi connectivity index (χ1) is 8.49. The molecule has 2 N–H and O–H groups in total. The van der Waals surface area contributed by atoms with Crippen LogP contribution in [-0.2, 0) is 4.79 Å². The van der Waals surface area contributed by atoms with Crippen molar-refractivity contribution in [3.63, 3.8) is 0 Å². The molecule has 0 aromatic heterocycles. The molecule has 0 spiro atoms. The molecule has 0 unspecified atom stereocenters. The molecule has 0 atom stereocenters. The highest BCUT2D eigenvalue weighted by atomic mass is 16.2. The fourth-order valence-electron chi connectivity index (χ4n) is 3.74. The third kappa shape index (κ3) is 2.71. The number of carbonyl (C=O) groups excluding carboxylic acids is 1. The Morgan fingerprint density at radius 3 is 2.28 bits per heavy atom. The zero-order chi connectivity index (χ0) is 13.2. The summed E-state index contributed by atoms with van der Waals surface area (Å²) in [7, 11) is 0. The summed E-state index contributed by atoms with van der Waals surface area (Å²) in [6.07, 6.45) is 9.04. The third-order valence-corrected chi connectivity index (χ3v) is 5.08. The molecule has 1 saturated heterocycles. The van der Waals surface area contributed by atoms with Crippen LogP contribution in [0.4, 0.5) is 0 Å². The van der Waals surface area contributed by atoms with E-state index < -0.39 is 0 Å². The first-order valence-corrected chi connectivity index (χ1v) is 7.50. The van der Waals surface area contributed by atoms with E-state index in [2.05, 4.69) is 18.7 Å². The van der Waals surface area contributed by atoms with E-state index in [1.165, 1.54) is 19.3 Å². The minimum atomic E-state index is 0.0571. The molecule has 1 aliphatic carbocycles. The lowest BCUT2D eigenvalue weighted by Gasteiger charge is -2.39. The van der Waals surface area contributed by atoms with Crippen LogP contribution in [0.15, 0.2) is 0 Å². The van der Waals surface area contributed by atoms with Crippen LogP contribution in [0.5, 0.6) is 0 Å². The fraction of sp³-hybridized carbons (Fsp3) is 0.933. The van der Waals surface area contributed by atoms with Gasteiger partial charge < -0.3 is 10.6 Å². The molecule has 0 bridgehead atoms. The molecule has 1 aliphatic heterocycles. The van der Waals surface area contributed by atoms with E-state index in [9.17, 15) is 4.79 Å². The summed E-state index contributed by atoms with van der Waals surface area (Å²) in [6.45, 7) is 5.99. The molecule has 2 rings (SSSR count). The van der Waals surface area contributed by atoms with Gasteiger partial charge >= 0.3 is 0 Å². The Morgan fingerprint density at radius 1 is 1.11 bits per heavy atom. The largest absolute Gasteiger partial charge is 0.338 e. The molecule has 2 fully saturated rings. The molecule has 0 radical (unpaired) electrons. The highest BCUT2D eigenvalue weighted by Gasteiger charge is 2.40. The first-order valence-electron chi connectivity index (χ1n) is 7.50. The molecular weight excluding hydrogens is 224 g/mol. The van der Waals surface area contributed by atoms with Crippen molar-refractivity contribution in [2.45, 2.75) is 70.8 Å². The van der Waals surface area contributed by atoms with Gasteiger partial charge in [-0.3, -0.25) is 4.79 Å². The lowest BCUT2D eigenvalue weighted by molar-refractivity contribution is -0.137.